The van der Waals surface area contributed by atoms with Crippen molar-refractivity contribution in [2.75, 3.05) is 19.5 Å². The molecule has 0 saturated heterocycles. The lowest BCUT2D eigenvalue weighted by atomic mass is 10.2. The largest absolute Gasteiger partial charge is 0.493 e. The van der Waals surface area contributed by atoms with Gasteiger partial charge in [-0.3, -0.25) is 9.59 Å². The highest BCUT2D eigenvalue weighted by atomic mass is 32.2. The zero-order valence-corrected chi connectivity index (χ0v) is 16.5. The second-order valence-electron chi connectivity index (χ2n) is 5.74. The van der Waals surface area contributed by atoms with Gasteiger partial charge in [-0.25, -0.2) is 0 Å². The van der Waals surface area contributed by atoms with Crippen LogP contribution in [0.15, 0.2) is 23.4 Å². The van der Waals surface area contributed by atoms with Gasteiger partial charge in [-0.05, 0) is 19.1 Å². The number of thioether (sulfide) groups is 1. The molecule has 1 aromatic carbocycles. The summed E-state index contributed by atoms with van der Waals surface area (Å²) in [5.41, 5.74) is 5.76. The van der Waals surface area contributed by atoms with Crippen molar-refractivity contribution in [3.8, 4) is 11.5 Å². The first-order chi connectivity index (χ1) is 12.8. The van der Waals surface area contributed by atoms with Crippen LogP contribution in [-0.2, 0) is 23.1 Å². The minimum atomic E-state index is -0.412. The first-order valence-corrected chi connectivity index (χ1v) is 9.09. The van der Waals surface area contributed by atoms with E-state index in [1.807, 2.05) is 0 Å². The standard InChI is InChI=1S/C17H23N5O4S/c1-10(27-17-21-20-15(22(17)2)8-7-14(18)23)16(24)19-11-5-6-12(25-3)13(9-11)26-4/h5-6,9-10H,7-8H2,1-4H3,(H2,18,23)(H,19,24)/t10-/m1/s1. The number of rotatable bonds is 9. The number of carbonyl (C=O) groups is 2. The molecule has 9 nitrogen and oxygen atoms in total. The molecule has 0 aliphatic heterocycles. The van der Waals surface area contributed by atoms with Crippen molar-refractivity contribution < 1.29 is 19.1 Å². The maximum absolute atomic E-state index is 12.5. The smallest absolute Gasteiger partial charge is 0.237 e. The molecule has 1 aromatic heterocycles. The Morgan fingerprint density at radius 2 is 1.96 bits per heavy atom. The quantitative estimate of drug-likeness (QED) is 0.617. The highest BCUT2D eigenvalue weighted by Crippen LogP contribution is 2.30. The molecule has 0 fully saturated rings. The molecule has 0 saturated carbocycles. The van der Waals surface area contributed by atoms with Crippen LogP contribution < -0.4 is 20.5 Å². The van der Waals surface area contributed by atoms with Gasteiger partial charge in [0.2, 0.25) is 11.8 Å². The molecule has 2 amide bonds. The van der Waals surface area contributed by atoms with E-state index in [1.54, 1.807) is 43.8 Å². The van der Waals surface area contributed by atoms with E-state index >= 15 is 0 Å². The van der Waals surface area contributed by atoms with Crippen molar-refractivity contribution in [1.82, 2.24) is 14.8 Å². The Morgan fingerprint density at radius 1 is 1.26 bits per heavy atom. The van der Waals surface area contributed by atoms with Crippen molar-refractivity contribution in [2.45, 2.75) is 30.2 Å². The van der Waals surface area contributed by atoms with E-state index in [9.17, 15) is 9.59 Å². The van der Waals surface area contributed by atoms with Gasteiger partial charge in [-0.15, -0.1) is 10.2 Å². The number of nitrogens with zero attached hydrogens (tertiary/aromatic N) is 3. The van der Waals surface area contributed by atoms with Crippen LogP contribution >= 0.6 is 11.8 Å². The Bertz CT molecular complexity index is 824. The van der Waals surface area contributed by atoms with Crippen LogP contribution in [0.1, 0.15) is 19.2 Å². The third-order valence-electron chi connectivity index (χ3n) is 3.82. The predicted molar refractivity (Wildman–Crippen MR) is 102 cm³/mol. The van der Waals surface area contributed by atoms with E-state index in [0.29, 0.717) is 34.6 Å². The molecule has 0 spiro atoms. The molecule has 3 N–H and O–H groups in total. The van der Waals surface area contributed by atoms with Gasteiger partial charge in [-0.1, -0.05) is 11.8 Å². The Hall–Kier alpha value is -2.75. The Labute approximate surface area is 161 Å². The van der Waals surface area contributed by atoms with E-state index in [1.165, 1.54) is 18.9 Å². The van der Waals surface area contributed by atoms with Gasteiger partial charge in [0.05, 0.1) is 19.5 Å². The number of hydrogen-bond acceptors (Lipinski definition) is 7. The normalized spacial score (nSPS) is 11.7. The van der Waals surface area contributed by atoms with E-state index in [0.717, 1.165) is 0 Å². The molecule has 1 heterocycles. The molecule has 1 atom stereocenters. The van der Waals surface area contributed by atoms with Gasteiger partial charge >= 0.3 is 0 Å². The molecule has 10 heteroatoms. The Kier molecular flexibility index (Phi) is 7.05. The average Bonchev–Trinajstić information content (AvgIpc) is 2.99. The summed E-state index contributed by atoms with van der Waals surface area (Å²) >= 11 is 1.28. The summed E-state index contributed by atoms with van der Waals surface area (Å²) in [5.74, 6) is 1.18. The monoisotopic (exact) mass is 393 g/mol. The van der Waals surface area contributed by atoms with Gasteiger partial charge in [0, 0.05) is 31.6 Å². The molecule has 0 aliphatic rings. The van der Waals surface area contributed by atoms with Gasteiger partial charge < -0.3 is 25.1 Å². The fraction of sp³-hybridized carbons (Fsp3) is 0.412. The topological polar surface area (TPSA) is 121 Å². The average molecular weight is 393 g/mol. The fourth-order valence-corrected chi connectivity index (χ4v) is 3.10. The second-order valence-corrected chi connectivity index (χ2v) is 7.05. The van der Waals surface area contributed by atoms with Crippen LogP contribution in [0.25, 0.3) is 0 Å². The van der Waals surface area contributed by atoms with Crippen LogP contribution in [-0.4, -0.2) is 46.0 Å². The molecular weight excluding hydrogens is 370 g/mol. The van der Waals surface area contributed by atoms with Gasteiger partial charge in [0.15, 0.2) is 16.7 Å². The van der Waals surface area contributed by atoms with Crippen LogP contribution in [0.3, 0.4) is 0 Å². The third kappa shape index (κ3) is 5.36. The minimum Gasteiger partial charge on any atom is -0.493 e. The number of hydrogen-bond donors (Lipinski definition) is 2. The summed E-state index contributed by atoms with van der Waals surface area (Å²) in [7, 11) is 4.87. The molecule has 27 heavy (non-hydrogen) atoms. The van der Waals surface area contributed by atoms with E-state index in [2.05, 4.69) is 15.5 Å². The number of aryl methyl sites for hydroxylation is 1. The SMILES string of the molecule is COc1ccc(NC(=O)[C@@H](C)Sc2nnc(CCC(N)=O)n2C)cc1OC. The Balaban J connectivity index is 2.01. The summed E-state index contributed by atoms with van der Waals surface area (Å²) in [5, 5.41) is 11.1. The van der Waals surface area contributed by atoms with Crippen molar-refractivity contribution >= 4 is 29.3 Å². The molecule has 0 aliphatic carbocycles. The highest BCUT2D eigenvalue weighted by Gasteiger charge is 2.19. The molecule has 0 radical (unpaired) electrons. The fourth-order valence-electron chi connectivity index (χ4n) is 2.27. The van der Waals surface area contributed by atoms with Gasteiger partial charge in [-0.2, -0.15) is 0 Å². The Morgan fingerprint density at radius 3 is 2.59 bits per heavy atom. The van der Waals surface area contributed by atoms with Crippen molar-refractivity contribution in [1.29, 1.82) is 0 Å². The first kappa shape index (κ1) is 20.6. The van der Waals surface area contributed by atoms with E-state index < -0.39 is 11.2 Å². The maximum Gasteiger partial charge on any atom is 0.237 e. The number of aromatic nitrogens is 3. The van der Waals surface area contributed by atoms with Crippen molar-refractivity contribution in [3.05, 3.63) is 24.0 Å². The number of methoxy groups -OCH3 is 2. The van der Waals surface area contributed by atoms with Crippen LogP contribution in [0, 0.1) is 0 Å². The lowest BCUT2D eigenvalue weighted by molar-refractivity contribution is -0.118. The number of anilines is 1. The maximum atomic E-state index is 12.5. The van der Waals surface area contributed by atoms with Crippen LogP contribution in [0.2, 0.25) is 0 Å². The minimum absolute atomic E-state index is 0.186. The summed E-state index contributed by atoms with van der Waals surface area (Å²) < 4.78 is 12.2. The van der Waals surface area contributed by atoms with Crippen LogP contribution in [0.5, 0.6) is 11.5 Å². The lowest BCUT2D eigenvalue weighted by Crippen LogP contribution is -2.23. The number of primary amides is 1. The third-order valence-corrected chi connectivity index (χ3v) is 4.96. The van der Waals surface area contributed by atoms with Crippen molar-refractivity contribution in [2.24, 2.45) is 12.8 Å². The zero-order valence-electron chi connectivity index (χ0n) is 15.7. The number of nitrogens with two attached hydrogens (primary N) is 1. The van der Waals surface area contributed by atoms with E-state index in [4.69, 9.17) is 15.2 Å². The molecule has 146 valence electrons. The molecule has 2 aromatic rings. The second kappa shape index (κ2) is 9.26. The first-order valence-electron chi connectivity index (χ1n) is 8.21. The summed E-state index contributed by atoms with van der Waals surface area (Å²) in [6.45, 7) is 1.78. The number of nitrogens with one attached hydrogen (secondary N) is 1. The van der Waals surface area contributed by atoms with E-state index in [-0.39, 0.29) is 12.3 Å². The highest BCUT2D eigenvalue weighted by molar-refractivity contribution is 8.00. The number of amides is 2. The van der Waals surface area contributed by atoms with Gasteiger partial charge in [0.1, 0.15) is 5.82 Å². The predicted octanol–water partition coefficient (Wildman–Crippen LogP) is 1.37. The number of benzene rings is 1. The van der Waals surface area contributed by atoms with Crippen LogP contribution in [0.4, 0.5) is 5.69 Å². The summed E-state index contributed by atoms with van der Waals surface area (Å²) in [6, 6.07) is 5.15. The summed E-state index contributed by atoms with van der Waals surface area (Å²) in [6.07, 6.45) is 0.609. The summed E-state index contributed by atoms with van der Waals surface area (Å²) in [4.78, 5) is 23.4. The molecule has 0 bridgehead atoms. The molecular formula is C17H23N5O4S. The lowest BCUT2D eigenvalue weighted by Gasteiger charge is -2.13. The van der Waals surface area contributed by atoms with Gasteiger partial charge in [0.25, 0.3) is 0 Å². The molecule has 0 unspecified atom stereocenters. The molecule has 2 rings (SSSR count). The zero-order chi connectivity index (χ0) is 20.0. The number of carbonyl (C=O) groups excluding carboxylic acids is 2. The number of ether oxygens (including phenoxy) is 2. The van der Waals surface area contributed by atoms with Crippen molar-refractivity contribution in [3.63, 3.8) is 0 Å².